The number of nitrogens with zero attached hydrogens (tertiary/aromatic N) is 7. The zero-order chi connectivity index (χ0) is 22.8. The van der Waals surface area contributed by atoms with E-state index < -0.39 is 12.0 Å². The van der Waals surface area contributed by atoms with Crippen LogP contribution in [0.25, 0.3) is 5.65 Å². The number of halogens is 3. The Balaban J connectivity index is 1.18. The molecular formula is C22H22F3N7O. The van der Waals surface area contributed by atoms with E-state index in [0.717, 1.165) is 29.7 Å². The van der Waals surface area contributed by atoms with Crippen molar-refractivity contribution >= 4 is 11.5 Å². The van der Waals surface area contributed by atoms with Gasteiger partial charge in [-0.05, 0) is 48.6 Å². The third kappa shape index (κ3) is 4.62. The van der Waals surface area contributed by atoms with Gasteiger partial charge in [-0.15, -0.1) is 15.3 Å². The molecule has 1 aliphatic rings. The van der Waals surface area contributed by atoms with Gasteiger partial charge in [0, 0.05) is 25.5 Å². The van der Waals surface area contributed by atoms with Gasteiger partial charge in [0.25, 0.3) is 5.82 Å². The van der Waals surface area contributed by atoms with Crippen molar-refractivity contribution in [2.75, 3.05) is 24.6 Å². The molecule has 0 radical (unpaired) electrons. The van der Waals surface area contributed by atoms with Crippen LogP contribution < -0.4 is 9.64 Å². The summed E-state index contributed by atoms with van der Waals surface area (Å²) in [5.74, 6) is 0.586. The van der Waals surface area contributed by atoms with Crippen LogP contribution in [0.5, 0.6) is 5.75 Å². The van der Waals surface area contributed by atoms with Gasteiger partial charge in [0.2, 0.25) is 0 Å². The Bertz CT molecular complexity index is 1200. The Morgan fingerprint density at radius 1 is 1.00 bits per heavy atom. The number of aromatic nitrogens is 6. The fraction of sp³-hybridized carbons (Fsp3) is 0.364. The lowest BCUT2D eigenvalue weighted by atomic mass is 9.89. The highest BCUT2D eigenvalue weighted by molar-refractivity contribution is 5.46. The monoisotopic (exact) mass is 457 g/mol. The van der Waals surface area contributed by atoms with Gasteiger partial charge in [0.05, 0.1) is 12.9 Å². The highest BCUT2D eigenvalue weighted by Crippen LogP contribution is 2.32. The quantitative estimate of drug-likeness (QED) is 0.439. The zero-order valence-electron chi connectivity index (χ0n) is 17.7. The topological polar surface area (TPSA) is 73.4 Å². The van der Waals surface area contributed by atoms with Crippen LogP contribution in [0.1, 0.15) is 30.1 Å². The third-order valence-corrected chi connectivity index (χ3v) is 5.85. The van der Waals surface area contributed by atoms with Crippen LogP contribution in [0.15, 0.2) is 55.1 Å². The maximum absolute atomic E-state index is 13.1. The molecule has 0 bridgehead atoms. The predicted molar refractivity (Wildman–Crippen MR) is 114 cm³/mol. The van der Waals surface area contributed by atoms with Gasteiger partial charge in [-0.3, -0.25) is 0 Å². The van der Waals surface area contributed by atoms with E-state index in [-0.39, 0.29) is 5.65 Å². The first-order valence-electron chi connectivity index (χ1n) is 10.7. The summed E-state index contributed by atoms with van der Waals surface area (Å²) in [6.45, 7) is 2.71. The summed E-state index contributed by atoms with van der Waals surface area (Å²) in [5, 5.41) is 11.0. The van der Waals surface area contributed by atoms with Crippen LogP contribution in [-0.2, 0) is 12.7 Å². The van der Waals surface area contributed by atoms with Crippen LogP contribution in [0.3, 0.4) is 0 Å². The van der Waals surface area contributed by atoms with E-state index >= 15 is 0 Å². The van der Waals surface area contributed by atoms with Crippen LogP contribution in [-0.4, -0.2) is 49.1 Å². The molecule has 1 saturated heterocycles. The highest BCUT2D eigenvalue weighted by Gasteiger charge is 2.38. The summed E-state index contributed by atoms with van der Waals surface area (Å²) in [5.41, 5.74) is 1.31. The summed E-state index contributed by atoms with van der Waals surface area (Å²) < 4.78 is 47.9. The van der Waals surface area contributed by atoms with Gasteiger partial charge in [0.1, 0.15) is 18.2 Å². The van der Waals surface area contributed by atoms with Gasteiger partial charge in [-0.25, -0.2) is 4.98 Å². The fourth-order valence-electron chi connectivity index (χ4n) is 4.09. The number of hydrogen-bond donors (Lipinski definition) is 0. The Morgan fingerprint density at radius 2 is 1.79 bits per heavy atom. The van der Waals surface area contributed by atoms with Gasteiger partial charge < -0.3 is 14.2 Å². The Hall–Kier alpha value is -3.63. The van der Waals surface area contributed by atoms with Gasteiger partial charge in [-0.1, -0.05) is 12.1 Å². The largest absolute Gasteiger partial charge is 0.492 e. The second-order valence-electron chi connectivity index (χ2n) is 7.96. The zero-order valence-corrected chi connectivity index (χ0v) is 17.7. The minimum absolute atomic E-state index is 0.0771. The van der Waals surface area contributed by atoms with Crippen molar-refractivity contribution in [3.05, 3.63) is 66.5 Å². The number of rotatable bonds is 6. The van der Waals surface area contributed by atoms with Crippen LogP contribution in [0.4, 0.5) is 19.0 Å². The smallest absolute Gasteiger partial charge is 0.453 e. The first-order valence-corrected chi connectivity index (χ1v) is 10.7. The standard InChI is InChI=1S/C22H22F3N7O/c23-22(24,25)21-28-27-19-5-6-20(29-32(19)21)31-10-7-17(8-11-31)16-1-3-18(4-2-16)33-14-13-30-12-9-26-15-30/h1-6,9,12,15,17H,7-8,10-11,13-14H2. The number of alkyl halides is 3. The van der Waals surface area contributed by atoms with E-state index in [1.807, 2.05) is 27.8 Å². The number of hydrogen-bond acceptors (Lipinski definition) is 6. The molecule has 0 unspecified atom stereocenters. The minimum Gasteiger partial charge on any atom is -0.492 e. The molecule has 1 aliphatic heterocycles. The number of piperidine rings is 1. The van der Waals surface area contributed by atoms with Crippen LogP contribution >= 0.6 is 0 Å². The van der Waals surface area contributed by atoms with Crippen molar-refractivity contribution in [2.45, 2.75) is 31.5 Å². The lowest BCUT2D eigenvalue weighted by Gasteiger charge is -2.33. The molecule has 0 spiro atoms. The predicted octanol–water partition coefficient (Wildman–Crippen LogP) is 3.80. The molecule has 0 N–H and O–H groups in total. The number of benzene rings is 1. The lowest BCUT2D eigenvalue weighted by molar-refractivity contribution is -0.146. The Labute approximate surface area is 187 Å². The molecular weight excluding hydrogens is 435 g/mol. The van der Waals surface area contributed by atoms with Gasteiger partial charge in [0.15, 0.2) is 5.65 Å². The first kappa shape index (κ1) is 21.2. The summed E-state index contributed by atoms with van der Waals surface area (Å²) in [6.07, 6.45) is 2.56. The Morgan fingerprint density at radius 3 is 2.48 bits per heavy atom. The fourth-order valence-corrected chi connectivity index (χ4v) is 4.09. The lowest BCUT2D eigenvalue weighted by Crippen LogP contribution is -2.34. The molecule has 0 amide bonds. The number of anilines is 1. The van der Waals surface area contributed by atoms with Gasteiger partial charge >= 0.3 is 6.18 Å². The SMILES string of the molecule is FC(F)(F)c1nnc2ccc(N3CCC(c4ccc(OCCn5ccnc5)cc4)CC3)nn12. The van der Waals surface area contributed by atoms with E-state index in [1.165, 1.54) is 11.6 Å². The molecule has 5 rings (SSSR count). The summed E-state index contributed by atoms with van der Waals surface area (Å²) in [4.78, 5) is 6.01. The van der Waals surface area contributed by atoms with Crippen molar-refractivity contribution in [1.29, 1.82) is 0 Å². The number of ether oxygens (including phenoxy) is 1. The van der Waals surface area contributed by atoms with Gasteiger partial charge in [-0.2, -0.15) is 17.7 Å². The van der Waals surface area contributed by atoms with E-state index in [0.29, 0.717) is 31.4 Å². The van der Waals surface area contributed by atoms with E-state index in [2.05, 4.69) is 32.4 Å². The van der Waals surface area contributed by atoms with E-state index in [9.17, 15) is 13.2 Å². The average molecular weight is 457 g/mol. The number of fused-ring (bicyclic) bond motifs is 1. The second kappa shape index (κ2) is 8.72. The maximum atomic E-state index is 13.1. The Kier molecular flexibility index (Phi) is 5.61. The van der Waals surface area contributed by atoms with Crippen LogP contribution in [0.2, 0.25) is 0 Å². The minimum atomic E-state index is -4.60. The third-order valence-electron chi connectivity index (χ3n) is 5.85. The van der Waals surface area contributed by atoms with Crippen molar-refractivity contribution in [3.8, 4) is 5.75 Å². The second-order valence-corrected chi connectivity index (χ2v) is 7.96. The summed E-state index contributed by atoms with van der Waals surface area (Å²) in [7, 11) is 0. The first-order chi connectivity index (χ1) is 16.0. The summed E-state index contributed by atoms with van der Waals surface area (Å²) >= 11 is 0. The van der Waals surface area contributed by atoms with Crippen molar-refractivity contribution < 1.29 is 17.9 Å². The van der Waals surface area contributed by atoms with Crippen LogP contribution in [0, 0.1) is 0 Å². The highest BCUT2D eigenvalue weighted by atomic mass is 19.4. The molecule has 11 heteroatoms. The van der Waals surface area contributed by atoms with Crippen molar-refractivity contribution in [3.63, 3.8) is 0 Å². The maximum Gasteiger partial charge on any atom is 0.453 e. The molecule has 33 heavy (non-hydrogen) atoms. The summed E-state index contributed by atoms with van der Waals surface area (Å²) in [6, 6.07) is 11.3. The molecule has 1 aromatic carbocycles. The molecule has 0 saturated carbocycles. The average Bonchev–Trinajstić information content (AvgIpc) is 3.49. The molecule has 3 aromatic heterocycles. The van der Waals surface area contributed by atoms with Crippen molar-refractivity contribution in [2.24, 2.45) is 0 Å². The molecule has 4 aromatic rings. The molecule has 0 aliphatic carbocycles. The molecule has 1 fully saturated rings. The van der Waals surface area contributed by atoms with E-state index in [1.54, 1.807) is 18.6 Å². The van der Waals surface area contributed by atoms with Crippen molar-refractivity contribution in [1.82, 2.24) is 29.4 Å². The molecule has 0 atom stereocenters. The molecule has 172 valence electrons. The van der Waals surface area contributed by atoms with E-state index in [4.69, 9.17) is 4.74 Å². The molecule has 4 heterocycles. The normalized spacial score (nSPS) is 15.3. The molecule has 8 nitrogen and oxygen atoms in total. The number of imidazole rings is 1.